The van der Waals surface area contributed by atoms with Gasteiger partial charge in [-0.15, -0.1) is 10.2 Å². The third-order valence-corrected chi connectivity index (χ3v) is 4.00. The summed E-state index contributed by atoms with van der Waals surface area (Å²) in [7, 11) is 0. The van der Waals surface area contributed by atoms with Crippen molar-refractivity contribution in [1.29, 1.82) is 0 Å². The minimum Gasteiger partial charge on any atom is -0.463 e. The lowest BCUT2D eigenvalue weighted by Crippen LogP contribution is -2.08. The molecule has 2 heterocycles. The Bertz CT molecular complexity index is 550. The highest BCUT2D eigenvalue weighted by atomic mass is 32.2. The Morgan fingerprint density at radius 3 is 2.67 bits per heavy atom. The van der Waals surface area contributed by atoms with Crippen molar-refractivity contribution in [1.82, 2.24) is 25.1 Å². The summed E-state index contributed by atoms with van der Waals surface area (Å²) >= 11 is 2.88. The van der Waals surface area contributed by atoms with Crippen LogP contribution in [0.25, 0.3) is 0 Å². The van der Waals surface area contributed by atoms with Crippen LogP contribution in [0.1, 0.15) is 31.7 Å². The summed E-state index contributed by atoms with van der Waals surface area (Å²) in [5.74, 6) is 0.529. The van der Waals surface area contributed by atoms with E-state index in [4.69, 9.17) is 4.74 Å². The fraction of sp³-hybridized carbons (Fsp3) is 0.583. The Kier molecular flexibility index (Phi) is 6.12. The van der Waals surface area contributed by atoms with Crippen LogP contribution in [0.5, 0.6) is 6.01 Å². The maximum Gasteiger partial charge on any atom is 0.322 e. The van der Waals surface area contributed by atoms with Gasteiger partial charge in [0.05, 0.1) is 6.61 Å². The first-order valence-electron chi connectivity index (χ1n) is 6.82. The molecule has 7 nitrogen and oxygen atoms in total. The van der Waals surface area contributed by atoms with Gasteiger partial charge in [0.2, 0.25) is 11.1 Å². The number of anilines is 1. The van der Waals surface area contributed by atoms with Gasteiger partial charge in [-0.25, -0.2) is 0 Å². The Hall–Kier alpha value is -1.48. The highest BCUT2D eigenvalue weighted by Crippen LogP contribution is 2.28. The van der Waals surface area contributed by atoms with Crippen LogP contribution in [0.2, 0.25) is 0 Å². The van der Waals surface area contributed by atoms with Crippen molar-refractivity contribution in [2.24, 2.45) is 0 Å². The average Bonchev–Trinajstić information content (AvgIpc) is 2.88. The van der Waals surface area contributed by atoms with Crippen LogP contribution >= 0.6 is 23.1 Å². The second-order valence-electron chi connectivity index (χ2n) is 4.19. The molecule has 2 aromatic rings. The highest BCUT2D eigenvalue weighted by molar-refractivity contribution is 8.00. The summed E-state index contributed by atoms with van der Waals surface area (Å²) in [6, 6.07) is 0.342. The zero-order valence-corrected chi connectivity index (χ0v) is 13.9. The Balaban J connectivity index is 2.16. The molecule has 0 unspecified atom stereocenters. The predicted molar refractivity (Wildman–Crippen MR) is 83.2 cm³/mol. The van der Waals surface area contributed by atoms with Crippen molar-refractivity contribution in [3.8, 4) is 6.01 Å². The van der Waals surface area contributed by atoms with Crippen LogP contribution in [-0.4, -0.2) is 38.3 Å². The number of rotatable bonds is 8. The minimum absolute atomic E-state index is 0.342. The van der Waals surface area contributed by atoms with Gasteiger partial charge in [0.15, 0.2) is 4.34 Å². The van der Waals surface area contributed by atoms with E-state index < -0.39 is 0 Å². The summed E-state index contributed by atoms with van der Waals surface area (Å²) < 4.78 is 6.32. The fourth-order valence-corrected chi connectivity index (χ4v) is 3.02. The molecule has 1 N–H and O–H groups in total. The van der Waals surface area contributed by atoms with Gasteiger partial charge >= 0.3 is 6.01 Å². The van der Waals surface area contributed by atoms with E-state index in [-0.39, 0.29) is 0 Å². The summed E-state index contributed by atoms with van der Waals surface area (Å²) in [6.07, 6.45) is 1.90. The topological polar surface area (TPSA) is 85.7 Å². The van der Waals surface area contributed by atoms with Crippen molar-refractivity contribution >= 4 is 29.0 Å². The SMILES string of the molecule is CCCNc1nc(OCCC)nc(Sc2nnc(C)s2)n1. The largest absolute Gasteiger partial charge is 0.463 e. The maximum atomic E-state index is 5.51. The quantitative estimate of drug-likeness (QED) is 0.792. The van der Waals surface area contributed by atoms with E-state index in [2.05, 4.69) is 37.4 Å². The zero-order valence-electron chi connectivity index (χ0n) is 12.3. The molecule has 0 aliphatic carbocycles. The smallest absolute Gasteiger partial charge is 0.322 e. The van der Waals surface area contributed by atoms with Crippen LogP contribution in [0.15, 0.2) is 9.50 Å². The molecular formula is C12H18N6OS2. The molecule has 2 rings (SSSR count). The normalized spacial score (nSPS) is 10.6. The highest BCUT2D eigenvalue weighted by Gasteiger charge is 2.11. The second kappa shape index (κ2) is 8.08. The molecule has 114 valence electrons. The monoisotopic (exact) mass is 326 g/mol. The molecule has 0 spiro atoms. The van der Waals surface area contributed by atoms with Gasteiger partial charge in [-0.05, 0) is 31.5 Å². The molecule has 0 aliphatic rings. The summed E-state index contributed by atoms with van der Waals surface area (Å²) in [6.45, 7) is 7.43. The van der Waals surface area contributed by atoms with Gasteiger partial charge in [0.1, 0.15) is 5.01 Å². The Morgan fingerprint density at radius 1 is 1.14 bits per heavy atom. The van der Waals surface area contributed by atoms with E-state index in [0.29, 0.717) is 23.7 Å². The minimum atomic E-state index is 0.342. The molecular weight excluding hydrogens is 308 g/mol. The summed E-state index contributed by atoms with van der Waals surface area (Å²) in [4.78, 5) is 12.9. The second-order valence-corrected chi connectivity index (χ2v) is 6.58. The molecule has 0 fully saturated rings. The number of ether oxygens (including phenoxy) is 1. The van der Waals surface area contributed by atoms with E-state index in [1.165, 1.54) is 23.1 Å². The number of nitrogens with one attached hydrogen (secondary N) is 1. The lowest BCUT2D eigenvalue weighted by molar-refractivity contribution is 0.288. The molecule has 0 amide bonds. The van der Waals surface area contributed by atoms with Crippen LogP contribution < -0.4 is 10.1 Å². The molecule has 0 atom stereocenters. The molecule has 0 saturated carbocycles. The van der Waals surface area contributed by atoms with Crippen LogP contribution in [0.3, 0.4) is 0 Å². The van der Waals surface area contributed by atoms with Gasteiger partial charge in [-0.1, -0.05) is 25.2 Å². The first-order valence-corrected chi connectivity index (χ1v) is 8.45. The van der Waals surface area contributed by atoms with E-state index in [1.807, 2.05) is 13.8 Å². The Labute approximate surface area is 132 Å². The number of aryl methyl sites for hydroxylation is 1. The number of hydrogen-bond acceptors (Lipinski definition) is 9. The lowest BCUT2D eigenvalue weighted by Gasteiger charge is -2.07. The van der Waals surface area contributed by atoms with E-state index in [9.17, 15) is 0 Å². The van der Waals surface area contributed by atoms with Crippen molar-refractivity contribution in [2.45, 2.75) is 43.1 Å². The molecule has 2 aromatic heterocycles. The molecule has 0 bridgehead atoms. The molecule has 9 heteroatoms. The third-order valence-electron chi connectivity index (χ3n) is 2.25. The van der Waals surface area contributed by atoms with Gasteiger partial charge in [-0.2, -0.15) is 15.0 Å². The number of nitrogens with zero attached hydrogens (tertiary/aromatic N) is 5. The van der Waals surface area contributed by atoms with Crippen LogP contribution in [-0.2, 0) is 0 Å². The number of hydrogen-bond donors (Lipinski definition) is 1. The van der Waals surface area contributed by atoms with Crippen molar-refractivity contribution in [2.75, 3.05) is 18.5 Å². The van der Waals surface area contributed by atoms with E-state index in [1.54, 1.807) is 0 Å². The van der Waals surface area contributed by atoms with Crippen LogP contribution in [0, 0.1) is 6.92 Å². The van der Waals surface area contributed by atoms with Crippen LogP contribution in [0.4, 0.5) is 5.95 Å². The van der Waals surface area contributed by atoms with E-state index in [0.717, 1.165) is 28.7 Å². The van der Waals surface area contributed by atoms with Gasteiger partial charge in [0.25, 0.3) is 0 Å². The predicted octanol–water partition coefficient (Wildman–Crippen LogP) is 2.79. The molecule has 0 aliphatic heterocycles. The first kappa shape index (κ1) is 15.9. The zero-order chi connectivity index (χ0) is 15.1. The maximum absolute atomic E-state index is 5.51. The molecule has 0 saturated heterocycles. The average molecular weight is 326 g/mol. The van der Waals surface area contributed by atoms with Crippen molar-refractivity contribution < 1.29 is 4.74 Å². The number of aromatic nitrogens is 5. The molecule has 21 heavy (non-hydrogen) atoms. The van der Waals surface area contributed by atoms with Gasteiger partial charge in [-0.3, -0.25) is 0 Å². The third kappa shape index (κ3) is 5.09. The fourth-order valence-electron chi connectivity index (χ4n) is 1.36. The van der Waals surface area contributed by atoms with Crippen molar-refractivity contribution in [3.63, 3.8) is 0 Å². The van der Waals surface area contributed by atoms with Crippen molar-refractivity contribution in [3.05, 3.63) is 5.01 Å². The molecule has 0 radical (unpaired) electrons. The summed E-state index contributed by atoms with van der Waals surface area (Å²) in [5.41, 5.74) is 0. The van der Waals surface area contributed by atoms with Gasteiger partial charge < -0.3 is 10.1 Å². The van der Waals surface area contributed by atoms with E-state index >= 15 is 0 Å². The first-order chi connectivity index (χ1) is 10.2. The summed E-state index contributed by atoms with van der Waals surface area (Å²) in [5, 5.41) is 12.7. The molecule has 0 aromatic carbocycles. The standard InChI is InChI=1S/C12H18N6OS2/c1-4-6-13-9-14-10(19-7-5-2)16-11(15-9)21-12-18-17-8(3)20-12/h4-7H2,1-3H3,(H,13,14,15,16). The Morgan fingerprint density at radius 2 is 2.00 bits per heavy atom. The van der Waals surface area contributed by atoms with Gasteiger partial charge in [0, 0.05) is 6.54 Å². The lowest BCUT2D eigenvalue weighted by atomic mass is 10.5.